The zero-order valence-electron chi connectivity index (χ0n) is 16.2. The molecule has 0 radical (unpaired) electrons. The Morgan fingerprint density at radius 1 is 1.22 bits per heavy atom. The minimum Gasteiger partial charge on any atom is -0.337 e. The van der Waals surface area contributed by atoms with Crippen molar-refractivity contribution in [2.75, 3.05) is 0 Å². The number of hydrogen-bond donors (Lipinski definition) is 1. The normalized spacial score (nSPS) is 39.8. The number of piperidine rings is 1. The molecule has 2 fully saturated rings. The molecule has 0 aromatic rings. The third-order valence-corrected chi connectivity index (χ3v) is 6.86. The van der Waals surface area contributed by atoms with Gasteiger partial charge in [0.15, 0.2) is 0 Å². The maximum atomic E-state index is 12.5. The highest BCUT2D eigenvalue weighted by molar-refractivity contribution is 6.15. The second kappa shape index (κ2) is 6.78. The molecule has 4 heteroatoms. The van der Waals surface area contributed by atoms with Gasteiger partial charge in [-0.15, -0.1) is 0 Å². The lowest BCUT2D eigenvalue weighted by atomic mass is 9.53. The van der Waals surface area contributed by atoms with Crippen LogP contribution in [-0.2, 0) is 4.79 Å². The Kier molecular flexibility index (Phi) is 5.55. The van der Waals surface area contributed by atoms with Crippen molar-refractivity contribution < 1.29 is 4.79 Å². The number of carbonyl (C=O) groups excluding carboxylic acids is 1. The van der Waals surface area contributed by atoms with Crippen LogP contribution in [0.5, 0.6) is 0 Å². The molecule has 23 heavy (non-hydrogen) atoms. The number of amides is 1. The van der Waals surface area contributed by atoms with Crippen molar-refractivity contribution in [1.29, 1.82) is 0 Å². The third-order valence-electron chi connectivity index (χ3n) is 6.86. The van der Waals surface area contributed by atoms with E-state index in [0.29, 0.717) is 35.5 Å². The van der Waals surface area contributed by atoms with Crippen LogP contribution in [0, 0.1) is 11.8 Å². The lowest BCUT2D eigenvalue weighted by molar-refractivity contribution is -0.143. The zero-order valence-corrected chi connectivity index (χ0v) is 16.2. The number of likely N-dealkylation sites (tertiary alicyclic amines) is 1. The summed E-state index contributed by atoms with van der Waals surface area (Å²) < 4.78 is 0. The van der Waals surface area contributed by atoms with E-state index >= 15 is 0 Å². The summed E-state index contributed by atoms with van der Waals surface area (Å²) in [6.45, 7) is 11.2. The van der Waals surface area contributed by atoms with Crippen LogP contribution in [-0.4, -0.2) is 36.3 Å². The van der Waals surface area contributed by atoms with Crippen LogP contribution in [0.2, 0.25) is 5.31 Å². The van der Waals surface area contributed by atoms with Gasteiger partial charge in [-0.25, -0.2) is 0 Å². The Morgan fingerprint density at radius 3 is 2.43 bits per heavy atom. The predicted molar refractivity (Wildman–Crippen MR) is 100 cm³/mol. The van der Waals surface area contributed by atoms with Gasteiger partial charge in [0.1, 0.15) is 7.85 Å². The fourth-order valence-electron chi connectivity index (χ4n) is 5.22. The van der Waals surface area contributed by atoms with Gasteiger partial charge in [-0.1, -0.05) is 38.4 Å². The number of fused-ring (bicyclic) bond motifs is 1. The van der Waals surface area contributed by atoms with Crippen molar-refractivity contribution in [3.05, 3.63) is 0 Å². The fourth-order valence-corrected chi connectivity index (χ4v) is 5.22. The Bertz CT molecular complexity index is 435. The summed E-state index contributed by atoms with van der Waals surface area (Å²) in [5.41, 5.74) is 6.76. The van der Waals surface area contributed by atoms with E-state index in [0.717, 1.165) is 19.3 Å². The monoisotopic (exact) mass is 320 g/mol. The van der Waals surface area contributed by atoms with Crippen LogP contribution >= 0.6 is 0 Å². The van der Waals surface area contributed by atoms with Crippen molar-refractivity contribution in [3.8, 4) is 0 Å². The van der Waals surface area contributed by atoms with E-state index in [-0.39, 0.29) is 11.6 Å². The standard InChI is InChI=1S/C19H37BN2O/c1-13(2)19(20)11-7-6-8-16-15(18(5,21)12-19)9-10-17(23)22(16)14(3)4/h13-16H,6-12,20-21H2,1-5H3. The molecule has 4 unspecified atom stereocenters. The predicted octanol–water partition coefficient (Wildman–Crippen LogP) is 3.13. The van der Waals surface area contributed by atoms with E-state index < -0.39 is 0 Å². The average molecular weight is 320 g/mol. The van der Waals surface area contributed by atoms with E-state index in [2.05, 4.69) is 47.4 Å². The van der Waals surface area contributed by atoms with Crippen molar-refractivity contribution in [1.82, 2.24) is 4.90 Å². The smallest absolute Gasteiger partial charge is 0.223 e. The molecule has 4 atom stereocenters. The van der Waals surface area contributed by atoms with Gasteiger partial charge >= 0.3 is 0 Å². The van der Waals surface area contributed by atoms with Gasteiger partial charge in [0.2, 0.25) is 5.91 Å². The molecule has 1 heterocycles. The lowest BCUT2D eigenvalue weighted by Gasteiger charge is -2.51. The highest BCUT2D eigenvalue weighted by Crippen LogP contribution is 2.49. The largest absolute Gasteiger partial charge is 0.337 e. The van der Waals surface area contributed by atoms with E-state index in [1.54, 1.807) is 0 Å². The first-order valence-electron chi connectivity index (χ1n) is 9.68. The molecule has 132 valence electrons. The zero-order chi connectivity index (χ0) is 17.4. The van der Waals surface area contributed by atoms with Crippen molar-refractivity contribution in [2.45, 2.75) is 103 Å². The molecule has 2 N–H and O–H groups in total. The Labute approximate surface area is 144 Å². The molecular weight excluding hydrogens is 283 g/mol. The van der Waals surface area contributed by atoms with Gasteiger partial charge in [-0.05, 0) is 51.9 Å². The molecule has 1 saturated heterocycles. The van der Waals surface area contributed by atoms with E-state index in [1.165, 1.54) is 19.3 Å². The minimum atomic E-state index is -0.193. The molecule has 1 saturated carbocycles. The van der Waals surface area contributed by atoms with Gasteiger partial charge in [0, 0.05) is 24.0 Å². The first-order valence-corrected chi connectivity index (χ1v) is 9.68. The van der Waals surface area contributed by atoms with Gasteiger partial charge in [-0.2, -0.15) is 0 Å². The molecule has 2 aliphatic rings. The van der Waals surface area contributed by atoms with Crippen molar-refractivity contribution >= 4 is 13.8 Å². The quantitative estimate of drug-likeness (QED) is 0.795. The highest BCUT2D eigenvalue weighted by Gasteiger charge is 2.47. The van der Waals surface area contributed by atoms with Crippen LogP contribution in [0.4, 0.5) is 0 Å². The molecule has 1 aliphatic heterocycles. The second-order valence-electron chi connectivity index (χ2n) is 9.34. The lowest BCUT2D eigenvalue weighted by Crippen LogP contribution is -2.60. The van der Waals surface area contributed by atoms with Crippen LogP contribution in [0.15, 0.2) is 0 Å². The van der Waals surface area contributed by atoms with Gasteiger partial charge in [0.05, 0.1) is 0 Å². The number of nitrogens with two attached hydrogens (primary N) is 1. The summed E-state index contributed by atoms with van der Waals surface area (Å²) >= 11 is 0. The number of rotatable bonds is 2. The average Bonchev–Trinajstić information content (AvgIpc) is 2.46. The van der Waals surface area contributed by atoms with Crippen molar-refractivity contribution in [3.63, 3.8) is 0 Å². The Balaban J connectivity index is 2.35. The molecule has 1 aliphatic carbocycles. The first-order chi connectivity index (χ1) is 10.6. The molecule has 3 nitrogen and oxygen atoms in total. The summed E-state index contributed by atoms with van der Waals surface area (Å²) in [4.78, 5) is 14.7. The maximum Gasteiger partial charge on any atom is 0.223 e. The molecule has 0 aromatic heterocycles. The van der Waals surface area contributed by atoms with Gasteiger partial charge in [-0.3, -0.25) is 4.79 Å². The molecule has 0 spiro atoms. The van der Waals surface area contributed by atoms with Crippen LogP contribution < -0.4 is 5.73 Å². The summed E-state index contributed by atoms with van der Waals surface area (Å²) in [7, 11) is 2.43. The summed E-state index contributed by atoms with van der Waals surface area (Å²) in [6, 6.07) is 0.615. The molecular formula is C19H37BN2O. The van der Waals surface area contributed by atoms with Crippen LogP contribution in [0.3, 0.4) is 0 Å². The molecule has 0 aromatic carbocycles. The summed E-state index contributed by atoms with van der Waals surface area (Å²) in [5, 5.41) is 0.308. The maximum absolute atomic E-state index is 12.5. The SMILES string of the molecule is BC1(C(C)C)CCCCC2C(CCC(=O)N2C(C)C)C(C)(N)C1. The van der Waals surface area contributed by atoms with E-state index in [4.69, 9.17) is 5.73 Å². The molecule has 0 bridgehead atoms. The highest BCUT2D eigenvalue weighted by atomic mass is 16.2. The Morgan fingerprint density at radius 2 is 1.87 bits per heavy atom. The second-order valence-corrected chi connectivity index (χ2v) is 9.34. The number of carbonyl (C=O) groups is 1. The summed E-state index contributed by atoms with van der Waals surface area (Å²) in [6.07, 6.45) is 7.56. The fraction of sp³-hybridized carbons (Fsp3) is 0.947. The number of nitrogens with zero attached hydrogens (tertiary/aromatic N) is 1. The van der Waals surface area contributed by atoms with E-state index in [9.17, 15) is 4.79 Å². The Hall–Kier alpha value is -0.505. The van der Waals surface area contributed by atoms with Gasteiger partial charge in [0.25, 0.3) is 0 Å². The third kappa shape index (κ3) is 3.78. The van der Waals surface area contributed by atoms with Crippen LogP contribution in [0.1, 0.15) is 79.6 Å². The summed E-state index contributed by atoms with van der Waals surface area (Å²) in [5.74, 6) is 1.41. The topological polar surface area (TPSA) is 46.3 Å². The first kappa shape index (κ1) is 18.8. The van der Waals surface area contributed by atoms with Crippen LogP contribution in [0.25, 0.3) is 0 Å². The number of hydrogen-bond acceptors (Lipinski definition) is 2. The minimum absolute atomic E-state index is 0.193. The van der Waals surface area contributed by atoms with E-state index in [1.807, 2.05) is 0 Å². The molecule has 1 amide bonds. The van der Waals surface area contributed by atoms with Gasteiger partial charge < -0.3 is 10.6 Å². The van der Waals surface area contributed by atoms with Crippen molar-refractivity contribution in [2.24, 2.45) is 17.6 Å². The molecule has 2 rings (SSSR count).